The molecule has 0 radical (unpaired) electrons. The lowest BCUT2D eigenvalue weighted by molar-refractivity contribution is -0.384. The zero-order valence-corrected chi connectivity index (χ0v) is 18.1. The molecule has 10 nitrogen and oxygen atoms in total. The molecular weight excluding hydrogens is 428 g/mol. The summed E-state index contributed by atoms with van der Waals surface area (Å²) < 4.78 is 6.70. The Morgan fingerprint density at radius 1 is 1.24 bits per heavy atom. The molecule has 3 aromatic rings. The highest BCUT2D eigenvalue weighted by Gasteiger charge is 2.46. The fourth-order valence-electron chi connectivity index (χ4n) is 4.17. The van der Waals surface area contributed by atoms with E-state index in [1.807, 2.05) is 0 Å². The van der Waals surface area contributed by atoms with Crippen LogP contribution in [0.2, 0.25) is 0 Å². The van der Waals surface area contributed by atoms with Crippen LogP contribution in [-0.2, 0) is 14.3 Å². The summed E-state index contributed by atoms with van der Waals surface area (Å²) in [5.74, 6) is -2.02. The molecule has 0 saturated carbocycles. The number of ether oxygens (including phenoxy) is 1. The van der Waals surface area contributed by atoms with Gasteiger partial charge in [0, 0.05) is 38.6 Å². The van der Waals surface area contributed by atoms with E-state index in [2.05, 4.69) is 4.98 Å². The van der Waals surface area contributed by atoms with E-state index in [-0.39, 0.29) is 29.3 Å². The number of ketones is 1. The number of hydrogen-bond donors (Lipinski definition) is 1. The van der Waals surface area contributed by atoms with Crippen molar-refractivity contribution in [3.05, 3.63) is 81.3 Å². The van der Waals surface area contributed by atoms with Gasteiger partial charge in [-0.15, -0.1) is 0 Å². The summed E-state index contributed by atoms with van der Waals surface area (Å²) in [6.07, 6.45) is 2.14. The number of benzene rings is 1. The molecular formula is C23H22N4O6. The third-order valence-corrected chi connectivity index (χ3v) is 5.61. The van der Waals surface area contributed by atoms with Crippen molar-refractivity contribution in [2.75, 3.05) is 20.3 Å². The van der Waals surface area contributed by atoms with Crippen molar-refractivity contribution in [2.24, 2.45) is 0 Å². The van der Waals surface area contributed by atoms with Gasteiger partial charge in [-0.3, -0.25) is 24.1 Å². The molecule has 1 fully saturated rings. The van der Waals surface area contributed by atoms with Crippen LogP contribution in [0.4, 0.5) is 5.69 Å². The van der Waals surface area contributed by atoms with Gasteiger partial charge in [-0.1, -0.05) is 18.2 Å². The highest BCUT2D eigenvalue weighted by Crippen LogP contribution is 2.40. The smallest absolute Gasteiger partial charge is 0.295 e. The lowest BCUT2D eigenvalue weighted by Crippen LogP contribution is -2.31. The molecule has 1 aliphatic heterocycles. The number of aliphatic hydroxyl groups is 1. The number of aliphatic hydroxyl groups excluding tert-OH is 1. The maximum absolute atomic E-state index is 13.1. The first-order chi connectivity index (χ1) is 15.8. The average Bonchev–Trinajstić information content (AvgIpc) is 3.27. The molecule has 1 amide bonds. The number of imidazole rings is 1. The number of non-ortho nitro benzene ring substituents is 1. The predicted molar refractivity (Wildman–Crippen MR) is 119 cm³/mol. The van der Waals surface area contributed by atoms with Gasteiger partial charge in [0.25, 0.3) is 17.4 Å². The number of nitro groups is 1. The lowest BCUT2D eigenvalue weighted by Gasteiger charge is -2.25. The van der Waals surface area contributed by atoms with Crippen LogP contribution in [0, 0.1) is 17.0 Å². The van der Waals surface area contributed by atoms with Crippen LogP contribution < -0.4 is 0 Å². The predicted octanol–water partition coefficient (Wildman–Crippen LogP) is 3.01. The SMILES string of the molecule is COCCCN1C(=O)C(=O)C(=C(O)c2c(C)nc3ccccn23)C1c1cccc([N+](=O)[O-])c1. The second-order valence-corrected chi connectivity index (χ2v) is 7.67. The number of methoxy groups -OCH3 is 1. The van der Waals surface area contributed by atoms with E-state index in [4.69, 9.17) is 4.74 Å². The van der Waals surface area contributed by atoms with Crippen LogP contribution in [0.3, 0.4) is 0 Å². The average molecular weight is 450 g/mol. The van der Waals surface area contributed by atoms with Gasteiger partial charge in [0.1, 0.15) is 11.3 Å². The summed E-state index contributed by atoms with van der Waals surface area (Å²) in [6, 6.07) is 10.0. The van der Waals surface area contributed by atoms with Crippen molar-refractivity contribution >= 4 is 28.8 Å². The molecule has 3 heterocycles. The maximum atomic E-state index is 13.1. The highest BCUT2D eigenvalue weighted by molar-refractivity contribution is 6.46. The van der Waals surface area contributed by atoms with Gasteiger partial charge in [0.15, 0.2) is 5.76 Å². The van der Waals surface area contributed by atoms with E-state index < -0.39 is 22.7 Å². The summed E-state index contributed by atoms with van der Waals surface area (Å²) in [6.45, 7) is 2.23. The second kappa shape index (κ2) is 8.83. The topological polar surface area (TPSA) is 127 Å². The Labute approximate surface area is 188 Å². The Bertz CT molecular complexity index is 1300. The van der Waals surface area contributed by atoms with E-state index in [1.54, 1.807) is 41.8 Å². The fraction of sp³-hybridized carbons (Fsp3) is 0.261. The number of amides is 1. The van der Waals surface area contributed by atoms with E-state index in [9.17, 15) is 24.8 Å². The number of rotatable bonds is 7. The van der Waals surface area contributed by atoms with Gasteiger partial charge in [-0.25, -0.2) is 4.98 Å². The van der Waals surface area contributed by atoms with Crippen LogP contribution in [0.1, 0.15) is 29.4 Å². The number of pyridine rings is 1. The molecule has 1 saturated heterocycles. The lowest BCUT2D eigenvalue weighted by atomic mass is 9.96. The number of nitrogens with zero attached hydrogens (tertiary/aromatic N) is 4. The van der Waals surface area contributed by atoms with Gasteiger partial charge in [-0.05, 0) is 31.0 Å². The summed E-state index contributed by atoms with van der Waals surface area (Å²) >= 11 is 0. The summed E-state index contributed by atoms with van der Waals surface area (Å²) in [4.78, 5) is 42.6. The molecule has 33 heavy (non-hydrogen) atoms. The molecule has 1 aliphatic rings. The molecule has 10 heteroatoms. The molecule has 2 aromatic heterocycles. The number of aromatic nitrogens is 2. The van der Waals surface area contributed by atoms with Crippen LogP contribution >= 0.6 is 0 Å². The Kier molecular flexibility index (Phi) is 5.93. The Morgan fingerprint density at radius 3 is 2.76 bits per heavy atom. The van der Waals surface area contributed by atoms with Crippen LogP contribution in [0.25, 0.3) is 11.4 Å². The minimum atomic E-state index is -0.990. The molecule has 0 bridgehead atoms. The van der Waals surface area contributed by atoms with Crippen LogP contribution in [0.15, 0.2) is 54.2 Å². The summed E-state index contributed by atoms with van der Waals surface area (Å²) in [5, 5.41) is 22.7. The van der Waals surface area contributed by atoms with Crippen molar-refractivity contribution in [3.63, 3.8) is 0 Å². The van der Waals surface area contributed by atoms with Gasteiger partial charge in [-0.2, -0.15) is 0 Å². The third kappa shape index (κ3) is 3.85. The molecule has 1 N–H and O–H groups in total. The number of nitro benzene ring substituents is 1. The Hall–Kier alpha value is -4.05. The van der Waals surface area contributed by atoms with E-state index in [0.717, 1.165) is 0 Å². The molecule has 1 unspecified atom stereocenters. The Morgan fingerprint density at radius 2 is 2.03 bits per heavy atom. The van der Waals surface area contributed by atoms with Crippen LogP contribution in [0.5, 0.6) is 0 Å². The molecule has 4 rings (SSSR count). The number of aryl methyl sites for hydroxylation is 1. The van der Waals surface area contributed by atoms with Crippen LogP contribution in [-0.4, -0.2) is 56.3 Å². The standard InChI is InChI=1S/C23H22N4O6/c1-14-19(25-10-4-3-9-17(25)24-14)21(28)18-20(15-7-5-8-16(13-15)27(31)32)26(11-6-12-33-2)23(30)22(18)29/h3-5,7-10,13,20,28H,6,11-12H2,1-2H3. The number of Topliss-reactive ketones (excluding diaryl/α,β-unsaturated/α-hetero) is 1. The first kappa shape index (κ1) is 22.2. The first-order valence-corrected chi connectivity index (χ1v) is 10.3. The van der Waals surface area contributed by atoms with E-state index in [1.165, 1.54) is 30.2 Å². The third-order valence-electron chi connectivity index (χ3n) is 5.61. The zero-order valence-electron chi connectivity index (χ0n) is 18.1. The summed E-state index contributed by atoms with van der Waals surface area (Å²) in [5.41, 5.74) is 1.37. The van der Waals surface area contributed by atoms with E-state index in [0.29, 0.717) is 29.9 Å². The minimum absolute atomic E-state index is 0.133. The molecule has 170 valence electrons. The fourth-order valence-corrected chi connectivity index (χ4v) is 4.17. The van der Waals surface area contributed by atoms with Crippen molar-refractivity contribution in [1.82, 2.24) is 14.3 Å². The largest absolute Gasteiger partial charge is 0.505 e. The zero-order chi connectivity index (χ0) is 23.7. The number of carbonyl (C=O) groups is 2. The number of fused-ring (bicyclic) bond motifs is 1. The van der Waals surface area contributed by atoms with E-state index >= 15 is 0 Å². The first-order valence-electron chi connectivity index (χ1n) is 10.3. The maximum Gasteiger partial charge on any atom is 0.295 e. The van der Waals surface area contributed by atoms with Gasteiger partial charge < -0.3 is 14.7 Å². The summed E-state index contributed by atoms with van der Waals surface area (Å²) in [7, 11) is 1.53. The second-order valence-electron chi connectivity index (χ2n) is 7.67. The normalized spacial score (nSPS) is 17.8. The molecule has 1 atom stereocenters. The minimum Gasteiger partial charge on any atom is -0.505 e. The number of hydrogen-bond acceptors (Lipinski definition) is 7. The van der Waals surface area contributed by atoms with Gasteiger partial charge in [0.2, 0.25) is 0 Å². The van der Waals surface area contributed by atoms with Gasteiger partial charge in [0.05, 0.1) is 22.2 Å². The molecule has 1 aromatic carbocycles. The van der Waals surface area contributed by atoms with Crippen molar-refractivity contribution in [2.45, 2.75) is 19.4 Å². The quantitative estimate of drug-likeness (QED) is 0.146. The molecule has 0 spiro atoms. The molecule has 0 aliphatic carbocycles. The van der Waals surface area contributed by atoms with Gasteiger partial charge >= 0.3 is 0 Å². The van der Waals surface area contributed by atoms with Crippen molar-refractivity contribution in [1.29, 1.82) is 0 Å². The number of likely N-dealkylation sites (tertiary alicyclic amines) is 1. The monoisotopic (exact) mass is 450 g/mol. The highest BCUT2D eigenvalue weighted by atomic mass is 16.6. The van der Waals surface area contributed by atoms with Crippen molar-refractivity contribution in [3.8, 4) is 0 Å². The Balaban J connectivity index is 1.93. The van der Waals surface area contributed by atoms with Crippen molar-refractivity contribution < 1.29 is 24.4 Å². The number of carbonyl (C=O) groups excluding carboxylic acids is 2.